The van der Waals surface area contributed by atoms with Crippen molar-refractivity contribution in [2.45, 2.75) is 25.4 Å². The third-order valence-corrected chi connectivity index (χ3v) is 2.52. The predicted molar refractivity (Wildman–Crippen MR) is 61.9 cm³/mol. The Labute approximate surface area is 108 Å². The summed E-state index contributed by atoms with van der Waals surface area (Å²) in [5.41, 5.74) is 0.0146. The standard InChI is InChI=1S/C13H13F3O3/c1-2-19-12(18)7-11(13(14,15)16)10-5-3-4-9(6-10)8-17/h3-6,8,11H,2,7H2,1H3. The Morgan fingerprint density at radius 3 is 2.63 bits per heavy atom. The summed E-state index contributed by atoms with van der Waals surface area (Å²) >= 11 is 0. The average Bonchev–Trinajstić information content (AvgIpc) is 2.35. The molecule has 0 aliphatic rings. The van der Waals surface area contributed by atoms with E-state index in [-0.39, 0.29) is 17.7 Å². The second kappa shape index (κ2) is 6.36. The van der Waals surface area contributed by atoms with E-state index in [1.165, 1.54) is 25.1 Å². The highest BCUT2D eigenvalue weighted by Crippen LogP contribution is 2.37. The summed E-state index contributed by atoms with van der Waals surface area (Å²) in [6.45, 7) is 1.55. The Hall–Kier alpha value is -1.85. The average molecular weight is 274 g/mol. The lowest BCUT2D eigenvalue weighted by Crippen LogP contribution is -2.24. The van der Waals surface area contributed by atoms with Crippen molar-refractivity contribution < 1.29 is 27.5 Å². The van der Waals surface area contributed by atoms with E-state index in [9.17, 15) is 22.8 Å². The highest BCUT2D eigenvalue weighted by molar-refractivity contribution is 5.75. The lowest BCUT2D eigenvalue weighted by Gasteiger charge is -2.20. The predicted octanol–water partition coefficient (Wildman–Crippen LogP) is 3.10. The maximum Gasteiger partial charge on any atom is 0.396 e. The highest BCUT2D eigenvalue weighted by atomic mass is 19.4. The number of rotatable bonds is 5. The minimum Gasteiger partial charge on any atom is -0.466 e. The summed E-state index contributed by atoms with van der Waals surface area (Å²) in [6, 6.07) is 5.12. The monoisotopic (exact) mass is 274 g/mol. The summed E-state index contributed by atoms with van der Waals surface area (Å²) < 4.78 is 43.4. The van der Waals surface area contributed by atoms with E-state index < -0.39 is 24.5 Å². The van der Waals surface area contributed by atoms with Gasteiger partial charge in [0.05, 0.1) is 18.9 Å². The molecule has 3 nitrogen and oxygen atoms in total. The molecule has 0 amide bonds. The van der Waals surface area contributed by atoms with Gasteiger partial charge in [-0.25, -0.2) is 0 Å². The van der Waals surface area contributed by atoms with E-state index in [2.05, 4.69) is 4.74 Å². The molecule has 0 fully saturated rings. The van der Waals surface area contributed by atoms with Crippen LogP contribution in [0.2, 0.25) is 0 Å². The first-order chi connectivity index (χ1) is 8.88. The molecule has 1 atom stereocenters. The van der Waals surface area contributed by atoms with Crippen LogP contribution in [-0.4, -0.2) is 25.0 Å². The zero-order valence-electron chi connectivity index (χ0n) is 10.2. The minimum atomic E-state index is -4.58. The summed E-state index contributed by atoms with van der Waals surface area (Å²) in [5, 5.41) is 0. The molecule has 104 valence electrons. The molecule has 1 unspecified atom stereocenters. The van der Waals surface area contributed by atoms with Gasteiger partial charge < -0.3 is 4.74 Å². The van der Waals surface area contributed by atoms with Crippen LogP contribution in [-0.2, 0) is 9.53 Å². The molecule has 1 aromatic carbocycles. The van der Waals surface area contributed by atoms with Crippen molar-refractivity contribution in [1.82, 2.24) is 0 Å². The summed E-state index contributed by atoms with van der Waals surface area (Å²) in [5.74, 6) is -2.88. The summed E-state index contributed by atoms with van der Waals surface area (Å²) in [4.78, 5) is 21.8. The largest absolute Gasteiger partial charge is 0.466 e. The number of aldehydes is 1. The number of hydrogen-bond acceptors (Lipinski definition) is 3. The van der Waals surface area contributed by atoms with E-state index in [1.807, 2.05) is 0 Å². The molecular weight excluding hydrogens is 261 g/mol. The molecule has 1 rings (SSSR count). The van der Waals surface area contributed by atoms with Gasteiger partial charge in [-0.1, -0.05) is 18.2 Å². The second-order valence-corrected chi connectivity index (χ2v) is 3.89. The van der Waals surface area contributed by atoms with Gasteiger partial charge in [0.1, 0.15) is 6.29 Å². The molecule has 0 spiro atoms. The number of benzene rings is 1. The fourth-order valence-electron chi connectivity index (χ4n) is 1.66. The van der Waals surface area contributed by atoms with Gasteiger partial charge in [0, 0.05) is 5.56 Å². The Balaban J connectivity index is 3.02. The topological polar surface area (TPSA) is 43.4 Å². The first-order valence-electron chi connectivity index (χ1n) is 5.66. The van der Waals surface area contributed by atoms with Gasteiger partial charge in [-0.3, -0.25) is 9.59 Å². The zero-order chi connectivity index (χ0) is 14.5. The lowest BCUT2D eigenvalue weighted by molar-refractivity contribution is -0.166. The first kappa shape index (κ1) is 15.2. The Morgan fingerprint density at radius 1 is 1.42 bits per heavy atom. The van der Waals surface area contributed by atoms with Crippen molar-refractivity contribution in [2.24, 2.45) is 0 Å². The first-order valence-corrected chi connectivity index (χ1v) is 5.66. The van der Waals surface area contributed by atoms with Crippen LogP contribution in [0.15, 0.2) is 24.3 Å². The second-order valence-electron chi connectivity index (χ2n) is 3.89. The van der Waals surface area contributed by atoms with Crippen LogP contribution < -0.4 is 0 Å². The normalized spacial score (nSPS) is 12.8. The van der Waals surface area contributed by atoms with Gasteiger partial charge in [0.15, 0.2) is 0 Å². The van der Waals surface area contributed by atoms with Gasteiger partial charge >= 0.3 is 12.1 Å². The van der Waals surface area contributed by atoms with Crippen LogP contribution in [0.5, 0.6) is 0 Å². The van der Waals surface area contributed by atoms with Crippen molar-refractivity contribution in [3.05, 3.63) is 35.4 Å². The molecule has 0 bridgehead atoms. The van der Waals surface area contributed by atoms with Gasteiger partial charge in [-0.15, -0.1) is 0 Å². The number of halogens is 3. The van der Waals surface area contributed by atoms with Crippen LogP contribution in [0.1, 0.15) is 35.2 Å². The van der Waals surface area contributed by atoms with Crippen LogP contribution in [0.25, 0.3) is 0 Å². The van der Waals surface area contributed by atoms with Gasteiger partial charge in [-0.05, 0) is 18.6 Å². The van der Waals surface area contributed by atoms with Crippen LogP contribution >= 0.6 is 0 Å². The van der Waals surface area contributed by atoms with Gasteiger partial charge in [-0.2, -0.15) is 13.2 Å². The quantitative estimate of drug-likeness (QED) is 0.612. The Kier molecular flexibility index (Phi) is 5.09. The van der Waals surface area contributed by atoms with Crippen molar-refractivity contribution in [3.8, 4) is 0 Å². The van der Waals surface area contributed by atoms with Crippen LogP contribution in [0.4, 0.5) is 13.2 Å². The molecule has 0 N–H and O–H groups in total. The number of esters is 1. The van der Waals surface area contributed by atoms with Crippen molar-refractivity contribution in [2.75, 3.05) is 6.61 Å². The Bertz CT molecular complexity index is 455. The molecule has 0 saturated heterocycles. The number of carbonyl (C=O) groups is 2. The maximum atomic E-state index is 12.9. The van der Waals surface area contributed by atoms with E-state index in [0.29, 0.717) is 6.29 Å². The molecule has 1 aromatic rings. The fraction of sp³-hybridized carbons (Fsp3) is 0.385. The van der Waals surface area contributed by atoms with Crippen molar-refractivity contribution in [3.63, 3.8) is 0 Å². The lowest BCUT2D eigenvalue weighted by atomic mass is 9.94. The van der Waals surface area contributed by atoms with Crippen molar-refractivity contribution >= 4 is 12.3 Å². The van der Waals surface area contributed by atoms with E-state index in [1.54, 1.807) is 0 Å². The zero-order valence-corrected chi connectivity index (χ0v) is 10.2. The number of hydrogen-bond donors (Lipinski definition) is 0. The van der Waals surface area contributed by atoms with Crippen LogP contribution in [0.3, 0.4) is 0 Å². The number of alkyl halides is 3. The molecule has 0 heterocycles. The SMILES string of the molecule is CCOC(=O)CC(c1cccc(C=O)c1)C(F)(F)F. The van der Waals surface area contributed by atoms with E-state index >= 15 is 0 Å². The number of ether oxygens (including phenoxy) is 1. The fourth-order valence-corrected chi connectivity index (χ4v) is 1.66. The molecule has 6 heteroatoms. The molecule has 0 aliphatic heterocycles. The third kappa shape index (κ3) is 4.39. The van der Waals surface area contributed by atoms with Gasteiger partial charge in [0.25, 0.3) is 0 Å². The van der Waals surface area contributed by atoms with E-state index in [4.69, 9.17) is 0 Å². The van der Waals surface area contributed by atoms with Gasteiger partial charge in [0.2, 0.25) is 0 Å². The smallest absolute Gasteiger partial charge is 0.396 e. The molecule has 0 radical (unpaired) electrons. The van der Waals surface area contributed by atoms with Crippen molar-refractivity contribution in [1.29, 1.82) is 0 Å². The minimum absolute atomic E-state index is 0.0256. The highest BCUT2D eigenvalue weighted by Gasteiger charge is 2.42. The Morgan fingerprint density at radius 2 is 2.11 bits per heavy atom. The van der Waals surface area contributed by atoms with E-state index in [0.717, 1.165) is 6.07 Å². The molecule has 19 heavy (non-hydrogen) atoms. The number of carbonyl (C=O) groups excluding carboxylic acids is 2. The maximum absolute atomic E-state index is 12.9. The third-order valence-electron chi connectivity index (χ3n) is 2.52. The summed E-state index contributed by atoms with van der Waals surface area (Å²) in [6.07, 6.45) is -4.91. The molecule has 0 aromatic heterocycles. The molecule has 0 aliphatic carbocycles. The molecular formula is C13H13F3O3. The van der Waals surface area contributed by atoms with Crippen LogP contribution in [0, 0.1) is 0 Å². The summed E-state index contributed by atoms with van der Waals surface area (Å²) in [7, 11) is 0. The molecule has 0 saturated carbocycles.